The second-order valence-electron chi connectivity index (χ2n) is 6.74. The Morgan fingerprint density at radius 3 is 2.38 bits per heavy atom. The van der Waals surface area contributed by atoms with Crippen molar-refractivity contribution in [3.63, 3.8) is 0 Å². The van der Waals surface area contributed by atoms with Crippen LogP contribution in [-0.2, 0) is 6.54 Å². The summed E-state index contributed by atoms with van der Waals surface area (Å²) in [4.78, 5) is 29.0. The quantitative estimate of drug-likeness (QED) is 0.718. The molecule has 1 amide bonds. The van der Waals surface area contributed by atoms with Crippen LogP contribution in [-0.4, -0.2) is 47.0 Å². The largest absolute Gasteiger partial charge is 0.366 e. The van der Waals surface area contributed by atoms with Crippen LogP contribution in [0, 0.1) is 5.82 Å². The molecular formula is C21H21FN6O. The van der Waals surface area contributed by atoms with E-state index in [1.54, 1.807) is 24.5 Å². The topological polar surface area (TPSA) is 74.2 Å². The summed E-state index contributed by atoms with van der Waals surface area (Å²) in [5.74, 6) is 0.130. The van der Waals surface area contributed by atoms with E-state index in [1.165, 1.54) is 18.5 Å². The number of nitrogens with zero attached hydrogens (tertiary/aromatic N) is 5. The van der Waals surface area contributed by atoms with Crippen molar-refractivity contribution < 1.29 is 9.18 Å². The van der Waals surface area contributed by atoms with E-state index in [2.05, 4.69) is 20.3 Å². The van der Waals surface area contributed by atoms with E-state index in [9.17, 15) is 9.18 Å². The summed E-state index contributed by atoms with van der Waals surface area (Å²) in [6.45, 7) is 3.11. The third kappa shape index (κ3) is 4.48. The Morgan fingerprint density at radius 2 is 1.69 bits per heavy atom. The van der Waals surface area contributed by atoms with E-state index in [0.717, 1.165) is 5.56 Å². The molecule has 1 N–H and O–H groups in total. The van der Waals surface area contributed by atoms with E-state index >= 15 is 0 Å². The van der Waals surface area contributed by atoms with E-state index in [4.69, 9.17) is 0 Å². The maximum absolute atomic E-state index is 14.0. The minimum atomic E-state index is -0.232. The van der Waals surface area contributed by atoms with Crippen LogP contribution in [0.2, 0.25) is 0 Å². The van der Waals surface area contributed by atoms with Crippen molar-refractivity contribution in [2.75, 3.05) is 36.0 Å². The van der Waals surface area contributed by atoms with Gasteiger partial charge in [0.1, 0.15) is 5.82 Å². The van der Waals surface area contributed by atoms with Gasteiger partial charge in [-0.3, -0.25) is 9.78 Å². The Morgan fingerprint density at radius 1 is 0.966 bits per heavy atom. The van der Waals surface area contributed by atoms with E-state index < -0.39 is 0 Å². The number of piperazine rings is 1. The number of para-hydroxylation sites is 1. The fraction of sp³-hybridized carbons (Fsp3) is 0.238. The maximum Gasteiger partial charge on any atom is 0.254 e. The molecule has 4 rings (SSSR count). The molecule has 1 aliphatic rings. The molecule has 7 nitrogen and oxygen atoms in total. The van der Waals surface area contributed by atoms with E-state index in [-0.39, 0.29) is 11.7 Å². The summed E-state index contributed by atoms with van der Waals surface area (Å²) in [5, 5.41) is 2.83. The molecule has 1 aliphatic heterocycles. The van der Waals surface area contributed by atoms with Crippen molar-refractivity contribution in [2.45, 2.75) is 6.54 Å². The van der Waals surface area contributed by atoms with Crippen LogP contribution in [0.5, 0.6) is 0 Å². The number of pyridine rings is 1. The van der Waals surface area contributed by atoms with Crippen LogP contribution >= 0.6 is 0 Å². The summed E-state index contributed by atoms with van der Waals surface area (Å²) in [5.41, 5.74) is 1.95. The summed E-state index contributed by atoms with van der Waals surface area (Å²) < 4.78 is 14.0. The highest BCUT2D eigenvalue weighted by atomic mass is 19.1. The van der Waals surface area contributed by atoms with Crippen molar-refractivity contribution in [3.8, 4) is 0 Å². The molecule has 148 valence electrons. The van der Waals surface area contributed by atoms with Crippen molar-refractivity contribution >= 4 is 17.5 Å². The number of hydrogen-bond donors (Lipinski definition) is 1. The summed E-state index contributed by atoms with van der Waals surface area (Å²) in [7, 11) is 0. The van der Waals surface area contributed by atoms with Crippen LogP contribution in [0.4, 0.5) is 16.0 Å². The summed E-state index contributed by atoms with van der Waals surface area (Å²) in [6, 6.07) is 10.5. The molecule has 2 aromatic heterocycles. The summed E-state index contributed by atoms with van der Waals surface area (Å²) in [6.07, 6.45) is 6.46. The number of nitrogens with one attached hydrogen (secondary N) is 1. The van der Waals surface area contributed by atoms with Gasteiger partial charge in [0.25, 0.3) is 5.91 Å². The Kier molecular flexibility index (Phi) is 5.60. The minimum Gasteiger partial charge on any atom is -0.366 e. The smallest absolute Gasteiger partial charge is 0.254 e. The molecule has 0 saturated carbocycles. The predicted octanol–water partition coefficient (Wildman–Crippen LogP) is 2.27. The van der Waals surface area contributed by atoms with Gasteiger partial charge in [0.05, 0.1) is 11.3 Å². The molecule has 1 fully saturated rings. The van der Waals surface area contributed by atoms with Crippen LogP contribution < -0.4 is 15.1 Å². The SMILES string of the molecule is O=C(NCc1cccnc1)c1cnc(N2CCN(c3ccccc3F)CC2)nc1. The number of carbonyl (C=O) groups is 1. The number of carbonyl (C=O) groups excluding carboxylic acids is 1. The highest BCUT2D eigenvalue weighted by molar-refractivity contribution is 5.93. The second-order valence-corrected chi connectivity index (χ2v) is 6.74. The third-order valence-corrected chi connectivity index (χ3v) is 4.83. The molecule has 8 heteroatoms. The van der Waals surface area contributed by atoms with Crippen molar-refractivity contribution in [3.05, 3.63) is 78.1 Å². The average Bonchev–Trinajstić information content (AvgIpc) is 2.79. The zero-order chi connectivity index (χ0) is 20.1. The molecule has 0 spiro atoms. The van der Waals surface area contributed by atoms with Crippen LogP contribution in [0.1, 0.15) is 15.9 Å². The molecule has 3 heterocycles. The van der Waals surface area contributed by atoms with Crippen LogP contribution in [0.15, 0.2) is 61.2 Å². The molecule has 0 radical (unpaired) electrons. The van der Waals surface area contributed by atoms with Gasteiger partial charge in [0.15, 0.2) is 0 Å². The Balaban J connectivity index is 1.32. The average molecular weight is 392 g/mol. The first kappa shape index (κ1) is 18.8. The number of halogens is 1. The molecule has 3 aromatic rings. The van der Waals surface area contributed by atoms with E-state index in [1.807, 2.05) is 28.0 Å². The van der Waals surface area contributed by atoms with Gasteiger partial charge in [-0.25, -0.2) is 14.4 Å². The maximum atomic E-state index is 14.0. The lowest BCUT2D eigenvalue weighted by atomic mass is 10.2. The highest BCUT2D eigenvalue weighted by Gasteiger charge is 2.21. The molecule has 1 saturated heterocycles. The zero-order valence-electron chi connectivity index (χ0n) is 15.8. The molecule has 1 aromatic carbocycles. The number of hydrogen-bond acceptors (Lipinski definition) is 6. The van der Waals surface area contributed by atoms with Gasteiger partial charge < -0.3 is 15.1 Å². The fourth-order valence-corrected chi connectivity index (χ4v) is 3.24. The minimum absolute atomic E-state index is 0.209. The Labute approximate surface area is 168 Å². The van der Waals surface area contributed by atoms with Gasteiger partial charge in [-0.1, -0.05) is 18.2 Å². The molecule has 0 unspecified atom stereocenters. The molecule has 0 aliphatic carbocycles. The van der Waals surface area contributed by atoms with Gasteiger partial charge in [0, 0.05) is 57.5 Å². The number of anilines is 2. The molecular weight excluding hydrogens is 371 g/mol. The van der Waals surface area contributed by atoms with Crippen molar-refractivity contribution in [2.24, 2.45) is 0 Å². The van der Waals surface area contributed by atoms with Crippen molar-refractivity contribution in [1.82, 2.24) is 20.3 Å². The lowest BCUT2D eigenvalue weighted by Crippen LogP contribution is -2.47. The zero-order valence-corrected chi connectivity index (χ0v) is 15.8. The van der Waals surface area contributed by atoms with Crippen LogP contribution in [0.3, 0.4) is 0 Å². The van der Waals surface area contributed by atoms with Gasteiger partial charge >= 0.3 is 0 Å². The number of benzene rings is 1. The number of aromatic nitrogens is 3. The Hall–Kier alpha value is -3.55. The number of rotatable bonds is 5. The molecule has 0 bridgehead atoms. The van der Waals surface area contributed by atoms with Gasteiger partial charge in [0.2, 0.25) is 5.95 Å². The first-order chi connectivity index (χ1) is 14.2. The van der Waals surface area contributed by atoms with Crippen LogP contribution in [0.25, 0.3) is 0 Å². The molecule has 29 heavy (non-hydrogen) atoms. The van der Waals surface area contributed by atoms with Gasteiger partial charge in [-0.2, -0.15) is 0 Å². The van der Waals surface area contributed by atoms with Gasteiger partial charge in [-0.05, 0) is 23.8 Å². The van der Waals surface area contributed by atoms with Crippen molar-refractivity contribution in [1.29, 1.82) is 0 Å². The standard InChI is InChI=1S/C21H21FN6O/c22-18-5-1-2-6-19(18)27-8-10-28(11-9-27)21-25-14-17(15-26-21)20(29)24-13-16-4-3-7-23-12-16/h1-7,12,14-15H,8-11,13H2,(H,24,29). The summed E-state index contributed by atoms with van der Waals surface area (Å²) >= 11 is 0. The third-order valence-electron chi connectivity index (χ3n) is 4.83. The second kappa shape index (κ2) is 8.64. The lowest BCUT2D eigenvalue weighted by molar-refractivity contribution is 0.0950. The Bertz CT molecular complexity index is 958. The first-order valence-electron chi connectivity index (χ1n) is 9.44. The predicted molar refractivity (Wildman–Crippen MR) is 108 cm³/mol. The number of amides is 1. The van der Waals surface area contributed by atoms with Gasteiger partial charge in [-0.15, -0.1) is 0 Å². The monoisotopic (exact) mass is 392 g/mol. The molecule has 0 atom stereocenters. The normalized spacial score (nSPS) is 14.0. The fourth-order valence-electron chi connectivity index (χ4n) is 3.24. The van der Waals surface area contributed by atoms with E-state index in [0.29, 0.717) is 49.9 Å². The highest BCUT2D eigenvalue weighted by Crippen LogP contribution is 2.21. The first-order valence-corrected chi connectivity index (χ1v) is 9.44. The lowest BCUT2D eigenvalue weighted by Gasteiger charge is -2.36.